The van der Waals surface area contributed by atoms with Crippen molar-refractivity contribution in [2.24, 2.45) is 0 Å². The van der Waals surface area contributed by atoms with Gasteiger partial charge in [0.05, 0.1) is 17.7 Å². The molecule has 0 unspecified atom stereocenters. The molecule has 0 bridgehead atoms. The Morgan fingerprint density at radius 1 is 0.857 bits per heavy atom. The molecule has 1 N–H and O–H groups in total. The molecule has 0 spiro atoms. The summed E-state index contributed by atoms with van der Waals surface area (Å²) in [7, 11) is 1.69. The number of hydrogen-bond acceptors (Lipinski definition) is 3. The van der Waals surface area contributed by atoms with Crippen LogP contribution in [0.4, 0.5) is 0 Å². The average molecular weight is 469 g/mol. The summed E-state index contributed by atoms with van der Waals surface area (Å²) >= 11 is 0. The minimum Gasteiger partial charge on any atom is -0.490 e. The number of likely N-dealkylation sites (N-methyl/N-ethyl adjacent to an activating group) is 1. The number of ether oxygens (including phenoxy) is 1. The summed E-state index contributed by atoms with van der Waals surface area (Å²) in [6, 6.07) is 26.1. The standard InChI is InChI=1S/C30H32N2O3/c1-22-13-9-11-19-26(24-16-7-4-8-17-24)31-29(33)27(21-23-14-5-3-6-15-23)32(2)30(34)25-18-10-12-20-28(25)35-22/h3-12,14-18,20,22,26-27H,13,19,21H2,1-2H3,(H,31,33)/b11-9-/t22-,26+,27-/m0/s1. The number of carbonyl (C=O) groups is 2. The minimum absolute atomic E-state index is 0.0988. The zero-order valence-electron chi connectivity index (χ0n) is 20.3. The lowest BCUT2D eigenvalue weighted by Crippen LogP contribution is -2.49. The summed E-state index contributed by atoms with van der Waals surface area (Å²) in [5.41, 5.74) is 2.47. The zero-order chi connectivity index (χ0) is 24.6. The lowest BCUT2D eigenvalue weighted by Gasteiger charge is -2.30. The van der Waals surface area contributed by atoms with Gasteiger partial charge < -0.3 is 15.0 Å². The lowest BCUT2D eigenvalue weighted by atomic mass is 9.99. The number of fused-ring (bicyclic) bond motifs is 1. The van der Waals surface area contributed by atoms with Crippen LogP contribution in [0.5, 0.6) is 5.75 Å². The van der Waals surface area contributed by atoms with Crippen LogP contribution in [0.3, 0.4) is 0 Å². The lowest BCUT2D eigenvalue weighted by molar-refractivity contribution is -0.126. The summed E-state index contributed by atoms with van der Waals surface area (Å²) in [5, 5.41) is 3.23. The van der Waals surface area contributed by atoms with E-state index in [1.807, 2.05) is 85.8 Å². The first kappa shape index (κ1) is 24.3. The van der Waals surface area contributed by atoms with Gasteiger partial charge in [0, 0.05) is 19.9 Å². The number of nitrogens with one attached hydrogen (secondary N) is 1. The molecule has 0 aliphatic carbocycles. The number of benzene rings is 3. The molecule has 180 valence electrons. The highest BCUT2D eigenvalue weighted by Gasteiger charge is 2.31. The number of amides is 2. The molecule has 0 fully saturated rings. The Kier molecular flexibility index (Phi) is 7.99. The van der Waals surface area contributed by atoms with E-state index >= 15 is 0 Å². The third kappa shape index (κ3) is 6.18. The quantitative estimate of drug-likeness (QED) is 0.528. The Morgan fingerprint density at radius 3 is 2.23 bits per heavy atom. The number of carbonyl (C=O) groups excluding carboxylic acids is 2. The molecule has 35 heavy (non-hydrogen) atoms. The summed E-state index contributed by atoms with van der Waals surface area (Å²) in [5.74, 6) is 0.104. The van der Waals surface area contributed by atoms with E-state index < -0.39 is 6.04 Å². The van der Waals surface area contributed by atoms with Crippen molar-refractivity contribution in [1.29, 1.82) is 0 Å². The normalized spacial score (nSPS) is 22.3. The molecule has 0 saturated carbocycles. The van der Waals surface area contributed by atoms with Crippen LogP contribution in [-0.4, -0.2) is 35.9 Å². The Bertz CT molecular complexity index is 1160. The number of hydrogen-bond donors (Lipinski definition) is 1. The second-order valence-corrected chi connectivity index (χ2v) is 8.96. The van der Waals surface area contributed by atoms with Crippen molar-refractivity contribution in [1.82, 2.24) is 10.2 Å². The van der Waals surface area contributed by atoms with Gasteiger partial charge in [-0.3, -0.25) is 9.59 Å². The molecule has 3 aromatic carbocycles. The Labute approximate surface area is 207 Å². The predicted molar refractivity (Wildman–Crippen MR) is 138 cm³/mol. The van der Waals surface area contributed by atoms with Crippen LogP contribution in [0, 0.1) is 0 Å². The van der Waals surface area contributed by atoms with Crippen LogP contribution in [-0.2, 0) is 11.2 Å². The van der Waals surface area contributed by atoms with Gasteiger partial charge in [-0.2, -0.15) is 0 Å². The highest BCUT2D eigenvalue weighted by molar-refractivity contribution is 5.99. The van der Waals surface area contributed by atoms with E-state index in [9.17, 15) is 9.59 Å². The highest BCUT2D eigenvalue weighted by Crippen LogP contribution is 2.25. The molecule has 3 atom stereocenters. The first-order valence-electron chi connectivity index (χ1n) is 12.1. The van der Waals surface area contributed by atoms with Crippen molar-refractivity contribution >= 4 is 11.8 Å². The van der Waals surface area contributed by atoms with Gasteiger partial charge in [-0.05, 0) is 36.6 Å². The molecular weight excluding hydrogens is 436 g/mol. The summed E-state index contributed by atoms with van der Waals surface area (Å²) < 4.78 is 6.15. The van der Waals surface area contributed by atoms with Gasteiger partial charge in [0.2, 0.25) is 5.91 Å². The van der Waals surface area contributed by atoms with Crippen LogP contribution < -0.4 is 10.1 Å². The average Bonchev–Trinajstić information content (AvgIpc) is 2.89. The van der Waals surface area contributed by atoms with Crippen molar-refractivity contribution < 1.29 is 14.3 Å². The van der Waals surface area contributed by atoms with Crippen LogP contribution in [0.25, 0.3) is 0 Å². The molecule has 3 aromatic rings. The third-order valence-corrected chi connectivity index (χ3v) is 6.33. The van der Waals surface area contributed by atoms with Gasteiger partial charge in [0.25, 0.3) is 5.91 Å². The van der Waals surface area contributed by atoms with Gasteiger partial charge in [-0.1, -0.05) is 84.9 Å². The van der Waals surface area contributed by atoms with Gasteiger partial charge in [0.15, 0.2) is 0 Å². The number of nitrogens with zero attached hydrogens (tertiary/aromatic N) is 1. The molecule has 1 aliphatic heterocycles. The smallest absolute Gasteiger partial charge is 0.258 e. The van der Waals surface area contributed by atoms with E-state index in [1.165, 1.54) is 0 Å². The van der Waals surface area contributed by atoms with Crippen molar-refractivity contribution in [2.45, 2.75) is 44.4 Å². The molecule has 1 aliphatic rings. The van der Waals surface area contributed by atoms with E-state index in [1.54, 1.807) is 18.0 Å². The molecule has 0 radical (unpaired) electrons. The van der Waals surface area contributed by atoms with Crippen molar-refractivity contribution in [2.75, 3.05) is 7.05 Å². The molecule has 0 saturated heterocycles. The SMILES string of the molecule is C[C@H]1C/C=C\C[C@H](c2ccccc2)NC(=O)[C@H](Cc2ccccc2)N(C)C(=O)c2ccccc2O1. The number of para-hydroxylation sites is 1. The third-order valence-electron chi connectivity index (χ3n) is 6.33. The second kappa shape index (κ2) is 11.5. The fraction of sp³-hybridized carbons (Fsp3) is 0.267. The molecule has 1 heterocycles. The van der Waals surface area contributed by atoms with Crippen LogP contribution >= 0.6 is 0 Å². The van der Waals surface area contributed by atoms with Crippen molar-refractivity contribution in [3.63, 3.8) is 0 Å². The van der Waals surface area contributed by atoms with Gasteiger partial charge in [-0.25, -0.2) is 0 Å². The summed E-state index contributed by atoms with van der Waals surface area (Å²) in [6.45, 7) is 2.00. The number of rotatable bonds is 3. The van der Waals surface area contributed by atoms with Crippen molar-refractivity contribution in [3.8, 4) is 5.75 Å². The van der Waals surface area contributed by atoms with E-state index in [0.29, 0.717) is 30.6 Å². The highest BCUT2D eigenvalue weighted by atomic mass is 16.5. The topological polar surface area (TPSA) is 58.6 Å². The van der Waals surface area contributed by atoms with E-state index in [0.717, 1.165) is 11.1 Å². The predicted octanol–water partition coefficient (Wildman–Crippen LogP) is 5.34. The fourth-order valence-corrected chi connectivity index (χ4v) is 4.34. The molecule has 5 heteroatoms. The largest absolute Gasteiger partial charge is 0.490 e. The first-order chi connectivity index (χ1) is 17.0. The summed E-state index contributed by atoms with van der Waals surface area (Å²) in [4.78, 5) is 28.9. The van der Waals surface area contributed by atoms with Crippen LogP contribution in [0.2, 0.25) is 0 Å². The molecular formula is C30H32N2O3. The summed E-state index contributed by atoms with van der Waals surface area (Å²) in [6.07, 6.45) is 5.83. The molecule has 0 aromatic heterocycles. The molecule has 2 amide bonds. The van der Waals surface area contributed by atoms with Gasteiger partial charge in [-0.15, -0.1) is 0 Å². The van der Waals surface area contributed by atoms with Gasteiger partial charge in [0.1, 0.15) is 11.8 Å². The van der Waals surface area contributed by atoms with E-state index in [4.69, 9.17) is 4.74 Å². The van der Waals surface area contributed by atoms with E-state index in [2.05, 4.69) is 17.5 Å². The Morgan fingerprint density at radius 2 is 1.49 bits per heavy atom. The van der Waals surface area contributed by atoms with Crippen LogP contribution in [0.1, 0.15) is 47.3 Å². The Hall–Kier alpha value is -3.86. The van der Waals surface area contributed by atoms with Gasteiger partial charge >= 0.3 is 0 Å². The first-order valence-corrected chi connectivity index (χ1v) is 12.1. The van der Waals surface area contributed by atoms with Crippen LogP contribution in [0.15, 0.2) is 97.1 Å². The maximum absolute atomic E-state index is 13.7. The Balaban J connectivity index is 1.73. The monoisotopic (exact) mass is 468 g/mol. The zero-order valence-corrected chi connectivity index (χ0v) is 20.3. The van der Waals surface area contributed by atoms with Crippen molar-refractivity contribution in [3.05, 3.63) is 114 Å². The fourth-order valence-electron chi connectivity index (χ4n) is 4.34. The maximum atomic E-state index is 13.7. The molecule has 5 nitrogen and oxygen atoms in total. The molecule has 4 rings (SSSR count). The maximum Gasteiger partial charge on any atom is 0.258 e. The van der Waals surface area contributed by atoms with E-state index in [-0.39, 0.29) is 24.0 Å². The second-order valence-electron chi connectivity index (χ2n) is 8.96. The minimum atomic E-state index is -0.687.